The molecular weight excluding hydrogens is 435 g/mol. The summed E-state index contributed by atoms with van der Waals surface area (Å²) in [5.74, 6) is -0.603. The minimum atomic E-state index is -4.42. The van der Waals surface area contributed by atoms with Crippen LogP contribution in [0.4, 0.5) is 13.2 Å². The number of hydrogen-bond acceptors (Lipinski definition) is 4. The lowest BCUT2D eigenvalue weighted by molar-refractivity contribution is -0.170. The van der Waals surface area contributed by atoms with E-state index in [2.05, 4.69) is 0 Å². The highest BCUT2D eigenvalue weighted by molar-refractivity contribution is 5.91. The number of carbonyl (C=O) groups excluding carboxylic acids is 1. The largest absolute Gasteiger partial charge is 0.459 e. The highest BCUT2D eigenvalue weighted by Crippen LogP contribution is 2.40. The molecule has 1 aromatic carbocycles. The number of ether oxygens (including phenoxy) is 2. The van der Waals surface area contributed by atoms with Crippen LogP contribution in [-0.4, -0.2) is 48.5 Å². The van der Waals surface area contributed by atoms with Crippen molar-refractivity contribution >= 4 is 5.91 Å². The molecule has 0 bridgehead atoms. The Balaban J connectivity index is 1.93. The molecule has 1 N–H and O–H groups in total. The van der Waals surface area contributed by atoms with Crippen LogP contribution in [0.1, 0.15) is 68.9 Å². The van der Waals surface area contributed by atoms with E-state index < -0.39 is 18.0 Å². The number of aliphatic hydroxyl groups excluding tert-OH is 1. The summed E-state index contributed by atoms with van der Waals surface area (Å²) in [4.78, 5) is 15.2. The minimum absolute atomic E-state index is 0.0155. The predicted molar refractivity (Wildman–Crippen MR) is 118 cm³/mol. The molecule has 2 aliphatic heterocycles. The van der Waals surface area contributed by atoms with Crippen LogP contribution in [0.2, 0.25) is 0 Å². The number of nitrogens with zero attached hydrogens (tertiary/aromatic N) is 1. The molecule has 3 atom stereocenters. The monoisotopic (exact) mass is 469 g/mol. The molecule has 184 valence electrons. The van der Waals surface area contributed by atoms with E-state index in [4.69, 9.17) is 9.47 Å². The van der Waals surface area contributed by atoms with E-state index in [1.165, 1.54) is 18.6 Å². The Bertz CT molecular complexity index is 786. The molecular formula is C25H34F3NO4. The first-order chi connectivity index (χ1) is 15.8. The summed E-state index contributed by atoms with van der Waals surface area (Å²) in [6, 6.07) is 5.05. The number of alkyl halides is 3. The highest BCUT2D eigenvalue weighted by atomic mass is 19.4. The standard InChI is InChI=1S/C25H34F3NO4/c1-2-32-24-20(9-8-16-30)21(18-10-12-19(13-11-18)25(26,27)28)17-22(33-24)23(31)29-14-6-4-3-5-7-15-29/h10-13,17,20-21,24,30H,2-9,14-16H2,1H3/t20-,21+,24+/m1/s1. The molecule has 2 heterocycles. The molecule has 2 aliphatic rings. The van der Waals surface area contributed by atoms with Crippen molar-refractivity contribution in [2.24, 2.45) is 5.92 Å². The van der Waals surface area contributed by atoms with E-state index in [1.807, 2.05) is 11.8 Å². The van der Waals surface area contributed by atoms with Gasteiger partial charge in [-0.25, -0.2) is 0 Å². The average Bonchev–Trinajstić information content (AvgIpc) is 2.77. The number of hydrogen-bond donors (Lipinski definition) is 1. The second-order valence-electron chi connectivity index (χ2n) is 8.71. The van der Waals surface area contributed by atoms with E-state index >= 15 is 0 Å². The van der Waals surface area contributed by atoms with Gasteiger partial charge in [0.2, 0.25) is 6.29 Å². The molecule has 0 spiro atoms. The van der Waals surface area contributed by atoms with Gasteiger partial charge in [-0.3, -0.25) is 4.79 Å². The van der Waals surface area contributed by atoms with Crippen LogP contribution in [-0.2, 0) is 20.4 Å². The van der Waals surface area contributed by atoms with Gasteiger partial charge < -0.3 is 19.5 Å². The van der Waals surface area contributed by atoms with Crippen molar-refractivity contribution in [1.82, 2.24) is 4.90 Å². The topological polar surface area (TPSA) is 59.0 Å². The Hall–Kier alpha value is -2.06. The fraction of sp³-hybridized carbons (Fsp3) is 0.640. The molecule has 1 aromatic rings. The fourth-order valence-electron chi connectivity index (χ4n) is 4.64. The lowest BCUT2D eigenvalue weighted by Crippen LogP contribution is -2.41. The summed E-state index contributed by atoms with van der Waals surface area (Å²) >= 11 is 0. The van der Waals surface area contributed by atoms with Crippen LogP contribution in [0.15, 0.2) is 36.1 Å². The third kappa shape index (κ3) is 6.73. The van der Waals surface area contributed by atoms with Crippen molar-refractivity contribution in [2.45, 2.75) is 70.3 Å². The van der Waals surface area contributed by atoms with E-state index in [0.717, 1.165) is 37.8 Å². The number of carbonyl (C=O) groups is 1. The summed E-state index contributed by atoms with van der Waals surface area (Å²) in [6.07, 6.45) is 2.88. The summed E-state index contributed by atoms with van der Waals surface area (Å²) in [6.45, 7) is 3.51. The van der Waals surface area contributed by atoms with E-state index in [-0.39, 0.29) is 30.1 Å². The number of likely N-dealkylation sites (tertiary alicyclic amines) is 1. The first-order valence-corrected chi connectivity index (χ1v) is 11.9. The maximum atomic E-state index is 13.3. The maximum Gasteiger partial charge on any atom is 0.416 e. The van der Waals surface area contributed by atoms with Crippen LogP contribution in [0, 0.1) is 5.92 Å². The van der Waals surface area contributed by atoms with Crippen LogP contribution >= 0.6 is 0 Å². The van der Waals surface area contributed by atoms with Crippen molar-refractivity contribution in [2.75, 3.05) is 26.3 Å². The molecule has 0 aromatic heterocycles. The van der Waals surface area contributed by atoms with E-state index in [9.17, 15) is 23.1 Å². The van der Waals surface area contributed by atoms with Gasteiger partial charge in [0.15, 0.2) is 5.76 Å². The van der Waals surface area contributed by atoms with Crippen molar-refractivity contribution in [3.05, 3.63) is 47.2 Å². The van der Waals surface area contributed by atoms with Gasteiger partial charge in [-0.15, -0.1) is 0 Å². The Labute approximate surface area is 193 Å². The molecule has 1 fully saturated rings. The van der Waals surface area contributed by atoms with Crippen molar-refractivity contribution in [3.8, 4) is 0 Å². The predicted octanol–water partition coefficient (Wildman–Crippen LogP) is 5.25. The number of allylic oxidation sites excluding steroid dienone is 1. The van der Waals surface area contributed by atoms with Gasteiger partial charge in [-0.1, -0.05) is 31.4 Å². The zero-order valence-electron chi connectivity index (χ0n) is 19.2. The van der Waals surface area contributed by atoms with Gasteiger partial charge in [0.1, 0.15) is 0 Å². The van der Waals surface area contributed by atoms with E-state index in [0.29, 0.717) is 38.1 Å². The van der Waals surface area contributed by atoms with Gasteiger partial charge in [-0.05, 0) is 56.4 Å². The maximum absolute atomic E-state index is 13.3. The van der Waals surface area contributed by atoms with Gasteiger partial charge in [0.25, 0.3) is 5.91 Å². The van der Waals surface area contributed by atoms with Gasteiger partial charge in [0, 0.05) is 38.1 Å². The van der Waals surface area contributed by atoms with Crippen LogP contribution in [0.5, 0.6) is 0 Å². The first-order valence-electron chi connectivity index (χ1n) is 11.9. The number of benzene rings is 1. The zero-order chi connectivity index (χ0) is 23.8. The first kappa shape index (κ1) is 25.6. The number of rotatable bonds is 7. The van der Waals surface area contributed by atoms with Crippen molar-refractivity contribution < 1.29 is 32.5 Å². The second-order valence-corrected chi connectivity index (χ2v) is 8.71. The Kier molecular flexibility index (Phi) is 9.20. The molecule has 5 nitrogen and oxygen atoms in total. The molecule has 33 heavy (non-hydrogen) atoms. The molecule has 0 saturated carbocycles. The third-order valence-corrected chi connectivity index (χ3v) is 6.39. The zero-order valence-corrected chi connectivity index (χ0v) is 19.2. The molecule has 3 rings (SSSR count). The molecule has 0 unspecified atom stereocenters. The third-order valence-electron chi connectivity index (χ3n) is 6.39. The summed E-state index contributed by atoms with van der Waals surface area (Å²) in [5.41, 5.74) is -0.0515. The molecule has 0 radical (unpaired) electrons. The van der Waals surface area contributed by atoms with E-state index in [1.54, 1.807) is 6.08 Å². The number of aliphatic hydroxyl groups is 1. The highest BCUT2D eigenvalue weighted by Gasteiger charge is 2.39. The molecule has 1 saturated heterocycles. The molecule has 1 amide bonds. The summed E-state index contributed by atoms with van der Waals surface area (Å²) < 4.78 is 51.1. The van der Waals surface area contributed by atoms with Crippen molar-refractivity contribution in [1.29, 1.82) is 0 Å². The number of halogens is 3. The van der Waals surface area contributed by atoms with Crippen LogP contribution in [0.25, 0.3) is 0 Å². The Morgan fingerprint density at radius 2 is 1.76 bits per heavy atom. The average molecular weight is 470 g/mol. The Morgan fingerprint density at radius 3 is 2.33 bits per heavy atom. The molecule has 8 heteroatoms. The summed E-state index contributed by atoms with van der Waals surface area (Å²) in [5, 5.41) is 9.37. The SMILES string of the molecule is CCO[C@H]1OC(C(=O)N2CCCCCCC2)=C[C@@H](c2ccc(C(F)(F)F)cc2)[C@H]1CCCO. The minimum Gasteiger partial charge on any atom is -0.459 e. The van der Waals surface area contributed by atoms with Gasteiger partial charge in [-0.2, -0.15) is 13.2 Å². The summed E-state index contributed by atoms with van der Waals surface area (Å²) in [7, 11) is 0. The lowest BCUT2D eigenvalue weighted by Gasteiger charge is -2.38. The smallest absolute Gasteiger partial charge is 0.416 e. The fourth-order valence-corrected chi connectivity index (χ4v) is 4.64. The van der Waals surface area contributed by atoms with Crippen molar-refractivity contribution in [3.63, 3.8) is 0 Å². The normalized spacial score (nSPS) is 24.5. The number of amides is 1. The second kappa shape index (κ2) is 11.9. The quantitative estimate of drug-likeness (QED) is 0.593. The molecule has 0 aliphatic carbocycles. The van der Waals surface area contributed by atoms with Crippen LogP contribution in [0.3, 0.4) is 0 Å². The Morgan fingerprint density at radius 1 is 1.12 bits per heavy atom. The van der Waals surface area contributed by atoms with Gasteiger partial charge in [0.05, 0.1) is 5.56 Å². The van der Waals surface area contributed by atoms with Gasteiger partial charge >= 0.3 is 6.18 Å². The van der Waals surface area contributed by atoms with Crippen LogP contribution < -0.4 is 0 Å². The lowest BCUT2D eigenvalue weighted by atomic mass is 9.80.